The largest absolute Gasteiger partial charge is 0.449 e. The lowest BCUT2D eigenvalue weighted by molar-refractivity contribution is -0.129. The number of carbonyl (C=O) groups is 2. The molecule has 2 aromatic rings. The number of hydrogen-bond acceptors (Lipinski definition) is 5. The molecule has 0 saturated carbocycles. The molecule has 1 amide bonds. The first kappa shape index (κ1) is 21.5. The second-order valence-electron chi connectivity index (χ2n) is 6.06. The highest BCUT2D eigenvalue weighted by Crippen LogP contribution is 2.14. The van der Waals surface area contributed by atoms with Crippen LogP contribution < -0.4 is 10.0 Å². The van der Waals surface area contributed by atoms with Crippen LogP contribution >= 0.6 is 0 Å². The van der Waals surface area contributed by atoms with Gasteiger partial charge in [0.1, 0.15) is 5.82 Å². The number of nitrogens with one attached hydrogen (secondary N) is 2. The molecule has 9 heteroatoms. The van der Waals surface area contributed by atoms with Gasteiger partial charge in [0.15, 0.2) is 6.10 Å². The summed E-state index contributed by atoms with van der Waals surface area (Å²) in [5.74, 6) is -1.65. The maximum atomic E-state index is 13.0. The van der Waals surface area contributed by atoms with Gasteiger partial charge in [0.05, 0.1) is 16.5 Å². The van der Waals surface area contributed by atoms with Gasteiger partial charge in [-0.2, -0.15) is 0 Å². The summed E-state index contributed by atoms with van der Waals surface area (Å²) in [6, 6.07) is 10.4. The van der Waals surface area contributed by atoms with Crippen molar-refractivity contribution in [2.75, 3.05) is 7.05 Å². The Hall–Kier alpha value is -2.78. The molecule has 2 atom stereocenters. The first-order valence-corrected chi connectivity index (χ1v) is 9.93. The minimum atomic E-state index is -3.61. The SMILES string of the molecule is CNS(=O)(=O)c1ccc(C(=O)OC(C)C(=O)NC(C)c2ccc(F)cc2)cc1. The number of amides is 1. The number of hydrogen-bond donors (Lipinski definition) is 2. The second-order valence-corrected chi connectivity index (χ2v) is 7.95. The van der Waals surface area contributed by atoms with E-state index in [1.54, 1.807) is 19.1 Å². The lowest BCUT2D eigenvalue weighted by atomic mass is 10.1. The molecule has 2 N–H and O–H groups in total. The van der Waals surface area contributed by atoms with E-state index < -0.39 is 34.0 Å². The third-order valence-corrected chi connectivity index (χ3v) is 5.48. The molecule has 2 aromatic carbocycles. The van der Waals surface area contributed by atoms with E-state index in [-0.39, 0.29) is 16.3 Å². The smallest absolute Gasteiger partial charge is 0.338 e. The topological polar surface area (TPSA) is 102 Å². The zero-order chi connectivity index (χ0) is 20.9. The number of benzene rings is 2. The quantitative estimate of drug-likeness (QED) is 0.684. The Balaban J connectivity index is 1.97. The lowest BCUT2D eigenvalue weighted by Crippen LogP contribution is -2.37. The van der Waals surface area contributed by atoms with Crippen LogP contribution in [-0.2, 0) is 19.6 Å². The van der Waals surface area contributed by atoms with Crippen molar-refractivity contribution in [3.8, 4) is 0 Å². The van der Waals surface area contributed by atoms with E-state index in [0.717, 1.165) is 0 Å². The molecule has 2 rings (SSSR count). The van der Waals surface area contributed by atoms with E-state index in [2.05, 4.69) is 10.0 Å². The molecule has 7 nitrogen and oxygen atoms in total. The summed E-state index contributed by atoms with van der Waals surface area (Å²) in [7, 11) is -2.33. The molecule has 0 aliphatic carbocycles. The number of ether oxygens (including phenoxy) is 1. The van der Waals surface area contributed by atoms with Crippen molar-refractivity contribution in [1.29, 1.82) is 0 Å². The fourth-order valence-electron chi connectivity index (χ4n) is 2.34. The van der Waals surface area contributed by atoms with Crippen LogP contribution in [0.5, 0.6) is 0 Å². The molecule has 0 aliphatic heterocycles. The Morgan fingerprint density at radius 1 is 1.00 bits per heavy atom. The average molecular weight is 408 g/mol. The molecule has 0 saturated heterocycles. The van der Waals surface area contributed by atoms with Gasteiger partial charge in [-0.1, -0.05) is 12.1 Å². The van der Waals surface area contributed by atoms with E-state index in [0.29, 0.717) is 5.56 Å². The highest BCUT2D eigenvalue weighted by Gasteiger charge is 2.21. The maximum Gasteiger partial charge on any atom is 0.338 e. The van der Waals surface area contributed by atoms with Crippen molar-refractivity contribution in [3.05, 3.63) is 65.5 Å². The minimum Gasteiger partial charge on any atom is -0.449 e. The predicted octanol–water partition coefficient (Wildman–Crippen LogP) is 2.16. The molecule has 0 fully saturated rings. The lowest BCUT2D eigenvalue weighted by Gasteiger charge is -2.18. The summed E-state index contributed by atoms with van der Waals surface area (Å²) in [6.45, 7) is 3.14. The van der Waals surface area contributed by atoms with Gasteiger partial charge >= 0.3 is 5.97 Å². The fourth-order valence-corrected chi connectivity index (χ4v) is 3.07. The van der Waals surface area contributed by atoms with E-state index >= 15 is 0 Å². The number of carbonyl (C=O) groups excluding carboxylic acids is 2. The van der Waals surface area contributed by atoms with Crippen molar-refractivity contribution < 1.29 is 27.1 Å². The van der Waals surface area contributed by atoms with Crippen LogP contribution in [0.3, 0.4) is 0 Å². The van der Waals surface area contributed by atoms with Gasteiger partial charge in [0, 0.05) is 0 Å². The third kappa shape index (κ3) is 5.37. The monoisotopic (exact) mass is 408 g/mol. The van der Waals surface area contributed by atoms with E-state index in [9.17, 15) is 22.4 Å². The van der Waals surface area contributed by atoms with E-state index in [4.69, 9.17) is 4.74 Å². The van der Waals surface area contributed by atoms with Crippen LogP contribution in [0.1, 0.15) is 35.8 Å². The molecular formula is C19H21FN2O5S. The minimum absolute atomic E-state index is 0.00506. The Morgan fingerprint density at radius 3 is 2.11 bits per heavy atom. The Kier molecular flexibility index (Phi) is 6.87. The summed E-state index contributed by atoms with van der Waals surface area (Å²) in [5.41, 5.74) is 0.816. The van der Waals surface area contributed by atoms with Gasteiger partial charge < -0.3 is 10.1 Å². The second kappa shape index (κ2) is 8.94. The first-order valence-electron chi connectivity index (χ1n) is 8.44. The zero-order valence-electron chi connectivity index (χ0n) is 15.6. The Labute approximate surface area is 163 Å². The molecule has 0 aromatic heterocycles. The van der Waals surface area contributed by atoms with Gasteiger partial charge in [-0.05, 0) is 62.9 Å². The standard InChI is InChI=1S/C19H21FN2O5S/c1-12(14-4-8-16(20)9-5-14)22-18(23)13(2)27-19(24)15-6-10-17(11-7-15)28(25,26)21-3/h4-13,21H,1-3H3,(H,22,23). The van der Waals surface area contributed by atoms with Crippen LogP contribution in [0, 0.1) is 5.82 Å². The molecule has 150 valence electrons. The van der Waals surface area contributed by atoms with Gasteiger partial charge in [0.25, 0.3) is 5.91 Å². The summed E-state index contributed by atoms with van der Waals surface area (Å²) in [5, 5.41) is 2.68. The highest BCUT2D eigenvalue weighted by molar-refractivity contribution is 7.89. The van der Waals surface area contributed by atoms with Crippen molar-refractivity contribution in [2.45, 2.75) is 30.9 Å². The first-order chi connectivity index (χ1) is 13.1. The van der Waals surface area contributed by atoms with Crippen molar-refractivity contribution >= 4 is 21.9 Å². The predicted molar refractivity (Wildman–Crippen MR) is 101 cm³/mol. The van der Waals surface area contributed by atoms with Crippen LogP contribution in [0.15, 0.2) is 53.4 Å². The number of sulfonamides is 1. The van der Waals surface area contributed by atoms with Gasteiger partial charge in [-0.3, -0.25) is 4.79 Å². The fraction of sp³-hybridized carbons (Fsp3) is 0.263. The summed E-state index contributed by atoms with van der Waals surface area (Å²) in [6.07, 6.45) is -1.07. The van der Waals surface area contributed by atoms with Gasteiger partial charge in [-0.25, -0.2) is 22.3 Å². The summed E-state index contributed by atoms with van der Waals surface area (Å²) in [4.78, 5) is 24.4. The zero-order valence-corrected chi connectivity index (χ0v) is 16.4. The van der Waals surface area contributed by atoms with Gasteiger partial charge in [-0.15, -0.1) is 0 Å². The Morgan fingerprint density at radius 2 is 1.57 bits per heavy atom. The van der Waals surface area contributed by atoms with Crippen molar-refractivity contribution in [2.24, 2.45) is 0 Å². The molecular weight excluding hydrogens is 387 g/mol. The molecule has 0 radical (unpaired) electrons. The molecule has 28 heavy (non-hydrogen) atoms. The third-order valence-electron chi connectivity index (χ3n) is 4.05. The molecule has 0 heterocycles. The summed E-state index contributed by atoms with van der Waals surface area (Å²) < 4.78 is 43.6. The summed E-state index contributed by atoms with van der Waals surface area (Å²) >= 11 is 0. The van der Waals surface area contributed by atoms with E-state index in [1.807, 2.05) is 0 Å². The number of rotatable bonds is 7. The highest BCUT2D eigenvalue weighted by atomic mass is 32.2. The van der Waals surface area contributed by atoms with Crippen LogP contribution in [-0.4, -0.2) is 33.4 Å². The normalized spacial score (nSPS) is 13.4. The van der Waals surface area contributed by atoms with E-state index in [1.165, 1.54) is 50.4 Å². The average Bonchev–Trinajstić information content (AvgIpc) is 2.68. The molecule has 2 unspecified atom stereocenters. The van der Waals surface area contributed by atoms with Crippen LogP contribution in [0.4, 0.5) is 4.39 Å². The Bertz CT molecular complexity index is 943. The number of halogens is 1. The van der Waals surface area contributed by atoms with Crippen LogP contribution in [0.2, 0.25) is 0 Å². The number of esters is 1. The molecule has 0 bridgehead atoms. The maximum absolute atomic E-state index is 13.0. The molecule has 0 spiro atoms. The van der Waals surface area contributed by atoms with Crippen molar-refractivity contribution in [1.82, 2.24) is 10.0 Å². The van der Waals surface area contributed by atoms with Crippen LogP contribution in [0.25, 0.3) is 0 Å². The van der Waals surface area contributed by atoms with Crippen molar-refractivity contribution in [3.63, 3.8) is 0 Å². The van der Waals surface area contributed by atoms with Gasteiger partial charge in [0.2, 0.25) is 10.0 Å². The molecule has 0 aliphatic rings.